The number of hydrogen-bond donors (Lipinski definition) is 2. The maximum Gasteiger partial charge on any atom is 0.120 e. The van der Waals surface area contributed by atoms with Crippen molar-refractivity contribution in [3.8, 4) is 6.07 Å². The van der Waals surface area contributed by atoms with Gasteiger partial charge in [-0.2, -0.15) is 5.26 Å². The number of carbonyl (C=O) groups excluding carboxylic acids is 1. The van der Waals surface area contributed by atoms with Crippen molar-refractivity contribution in [2.45, 2.75) is 87.1 Å². The van der Waals surface area contributed by atoms with Crippen LogP contribution in [-0.4, -0.2) is 12.0 Å². The molecular weight excluding hydrogens is 454 g/mol. The predicted molar refractivity (Wildman–Crippen MR) is 161 cm³/mol. The van der Waals surface area contributed by atoms with Gasteiger partial charge in [-0.15, -0.1) is 0 Å². The first-order chi connectivity index (χ1) is 17.6. The van der Waals surface area contributed by atoms with Crippen LogP contribution in [0.4, 0.5) is 0 Å². The molecule has 2 unspecified atom stereocenters. The summed E-state index contributed by atoms with van der Waals surface area (Å²) in [6.07, 6.45) is 7.50. The standard InChI is InChI=1S/C16H16N2O.C10H14.C3H7N.2C2H6/c1-12(6-8-19)14-5-7-18-16(10-14)15-4-2-3-13(9-15)11-17;1-10(2,3)9-7-5-4-6-8-9;1-3(2)4;2*1-2/h2-5,7-10,12,16,18H,6H2,1H3;4-8H,1-3H3;4H,1-2H3;2*1-2H3. The molecule has 1 aliphatic rings. The van der Waals surface area contributed by atoms with Crippen molar-refractivity contribution >= 4 is 12.0 Å². The molecular formula is C33H49N3O. The summed E-state index contributed by atoms with van der Waals surface area (Å²) in [5.74, 6) is 0.220. The van der Waals surface area contributed by atoms with Gasteiger partial charge in [-0.25, -0.2) is 0 Å². The minimum Gasteiger partial charge on any atom is -0.381 e. The zero-order chi connectivity index (χ0) is 28.9. The van der Waals surface area contributed by atoms with Crippen LogP contribution in [0.2, 0.25) is 0 Å². The molecule has 0 bridgehead atoms. The second kappa shape index (κ2) is 20.7. The van der Waals surface area contributed by atoms with Gasteiger partial charge in [0.05, 0.1) is 17.7 Å². The largest absolute Gasteiger partial charge is 0.381 e. The first-order valence-electron chi connectivity index (χ1n) is 13.2. The highest BCUT2D eigenvalue weighted by molar-refractivity contribution is 5.75. The van der Waals surface area contributed by atoms with Crippen LogP contribution in [0.15, 0.2) is 78.5 Å². The number of nitriles is 1. The fourth-order valence-electron chi connectivity index (χ4n) is 3.09. The monoisotopic (exact) mass is 503 g/mol. The zero-order valence-corrected chi connectivity index (χ0v) is 24.7. The van der Waals surface area contributed by atoms with E-state index in [-0.39, 0.29) is 12.0 Å². The van der Waals surface area contributed by atoms with Crippen LogP contribution in [0.5, 0.6) is 0 Å². The number of aldehydes is 1. The van der Waals surface area contributed by atoms with Crippen molar-refractivity contribution in [2.75, 3.05) is 0 Å². The fourth-order valence-corrected chi connectivity index (χ4v) is 3.09. The van der Waals surface area contributed by atoms with Crippen LogP contribution >= 0.6 is 0 Å². The van der Waals surface area contributed by atoms with Gasteiger partial charge in [-0.1, -0.05) is 104 Å². The van der Waals surface area contributed by atoms with Crippen LogP contribution in [0.25, 0.3) is 0 Å². The Balaban J connectivity index is 0. The van der Waals surface area contributed by atoms with Gasteiger partial charge in [-0.3, -0.25) is 0 Å². The van der Waals surface area contributed by atoms with E-state index in [1.165, 1.54) is 5.56 Å². The summed E-state index contributed by atoms with van der Waals surface area (Å²) in [6.45, 7) is 20.2. The Kier molecular flexibility index (Phi) is 20.0. The number of dihydropyridines is 1. The van der Waals surface area contributed by atoms with Gasteiger partial charge in [0.2, 0.25) is 0 Å². The average molecular weight is 504 g/mol. The average Bonchev–Trinajstić information content (AvgIpc) is 2.91. The third-order valence-electron chi connectivity index (χ3n) is 4.94. The van der Waals surface area contributed by atoms with E-state index in [1.54, 1.807) is 19.9 Å². The van der Waals surface area contributed by atoms with Crippen LogP contribution in [-0.2, 0) is 10.2 Å². The molecule has 37 heavy (non-hydrogen) atoms. The first kappa shape index (κ1) is 35.7. The highest BCUT2D eigenvalue weighted by atomic mass is 16.1. The molecule has 1 heterocycles. The van der Waals surface area contributed by atoms with Crippen LogP contribution in [0.1, 0.15) is 98.4 Å². The Morgan fingerprint density at radius 3 is 2.08 bits per heavy atom. The first-order valence-corrected chi connectivity index (χ1v) is 13.2. The maximum absolute atomic E-state index is 10.6. The Morgan fingerprint density at radius 2 is 1.62 bits per heavy atom. The zero-order valence-electron chi connectivity index (χ0n) is 24.7. The second-order valence-corrected chi connectivity index (χ2v) is 9.30. The maximum atomic E-state index is 10.6. The van der Waals surface area contributed by atoms with E-state index < -0.39 is 0 Å². The van der Waals surface area contributed by atoms with E-state index >= 15 is 0 Å². The number of allylic oxidation sites excluding steroid dienone is 2. The van der Waals surface area contributed by atoms with Gasteiger partial charge in [0.25, 0.3) is 0 Å². The predicted octanol–water partition coefficient (Wildman–Crippen LogP) is 8.95. The summed E-state index contributed by atoms with van der Waals surface area (Å²) in [6, 6.07) is 20.3. The molecule has 202 valence electrons. The van der Waals surface area contributed by atoms with Crippen molar-refractivity contribution in [1.29, 1.82) is 10.7 Å². The molecule has 2 aromatic carbocycles. The molecule has 1 aliphatic heterocycles. The summed E-state index contributed by atoms with van der Waals surface area (Å²) < 4.78 is 0. The quantitative estimate of drug-likeness (QED) is 0.323. The van der Waals surface area contributed by atoms with Gasteiger partial charge >= 0.3 is 0 Å². The molecule has 0 aromatic heterocycles. The third-order valence-corrected chi connectivity index (χ3v) is 4.94. The van der Waals surface area contributed by atoms with Gasteiger partial charge in [0.15, 0.2) is 0 Å². The van der Waals surface area contributed by atoms with Crippen molar-refractivity contribution in [1.82, 2.24) is 5.32 Å². The highest BCUT2D eigenvalue weighted by Gasteiger charge is 2.15. The Hall–Kier alpha value is -3.45. The van der Waals surface area contributed by atoms with Gasteiger partial charge in [-0.05, 0) is 66.3 Å². The highest BCUT2D eigenvalue weighted by Crippen LogP contribution is 2.25. The Labute approximate surface area is 227 Å². The van der Waals surface area contributed by atoms with E-state index in [9.17, 15) is 4.79 Å². The molecule has 0 aliphatic carbocycles. The van der Waals surface area contributed by atoms with Crippen molar-refractivity contribution in [2.24, 2.45) is 5.92 Å². The van der Waals surface area contributed by atoms with E-state index in [1.807, 2.05) is 65.1 Å². The summed E-state index contributed by atoms with van der Waals surface area (Å²) in [7, 11) is 0. The number of nitrogens with one attached hydrogen (secondary N) is 2. The van der Waals surface area contributed by atoms with Crippen LogP contribution in [0.3, 0.4) is 0 Å². The lowest BCUT2D eigenvalue weighted by Gasteiger charge is -2.22. The molecule has 2 atom stereocenters. The molecule has 2 aromatic rings. The summed E-state index contributed by atoms with van der Waals surface area (Å²) in [4.78, 5) is 10.6. The fraction of sp³-hybridized carbons (Fsp3) is 0.424. The Morgan fingerprint density at radius 1 is 1.05 bits per heavy atom. The summed E-state index contributed by atoms with van der Waals surface area (Å²) in [5.41, 5.74) is 5.22. The normalized spacial score (nSPS) is 13.9. The SMILES string of the molecule is CC.CC.CC(C)(C)c1ccccc1.CC(C)=N.CC(CC=O)C1=CC(c2cccc(C#N)c2)NC=C1. The molecule has 2 N–H and O–H groups in total. The molecule has 0 fully saturated rings. The van der Waals surface area contributed by atoms with Crippen molar-refractivity contribution in [3.05, 3.63) is 95.2 Å². The second-order valence-electron chi connectivity index (χ2n) is 9.30. The number of nitrogens with zero attached hydrogens (tertiary/aromatic N) is 1. The molecule has 4 nitrogen and oxygen atoms in total. The molecule has 0 radical (unpaired) electrons. The van der Waals surface area contributed by atoms with Crippen LogP contribution in [0, 0.1) is 22.7 Å². The summed E-state index contributed by atoms with van der Waals surface area (Å²) in [5, 5.41) is 18.7. The minimum atomic E-state index is 0.0578. The topological polar surface area (TPSA) is 76.7 Å². The van der Waals surface area contributed by atoms with Gasteiger partial charge in [0.1, 0.15) is 6.29 Å². The van der Waals surface area contributed by atoms with Crippen molar-refractivity contribution in [3.63, 3.8) is 0 Å². The Bertz CT molecular complexity index is 988. The summed E-state index contributed by atoms with van der Waals surface area (Å²) >= 11 is 0. The third kappa shape index (κ3) is 16.0. The lowest BCUT2D eigenvalue weighted by atomic mass is 9.87. The molecule has 0 saturated heterocycles. The van der Waals surface area contributed by atoms with Gasteiger partial charge < -0.3 is 15.5 Å². The lowest BCUT2D eigenvalue weighted by molar-refractivity contribution is -0.108. The smallest absolute Gasteiger partial charge is 0.120 e. The van der Waals surface area contributed by atoms with E-state index in [0.29, 0.717) is 23.1 Å². The van der Waals surface area contributed by atoms with Crippen molar-refractivity contribution < 1.29 is 4.79 Å². The van der Waals surface area contributed by atoms with Crippen LogP contribution < -0.4 is 5.32 Å². The number of rotatable bonds is 4. The number of hydrogen-bond acceptors (Lipinski definition) is 4. The van der Waals surface area contributed by atoms with E-state index in [4.69, 9.17) is 10.7 Å². The van der Waals surface area contributed by atoms with E-state index in [2.05, 4.69) is 68.6 Å². The minimum absolute atomic E-state index is 0.0578. The van der Waals surface area contributed by atoms with E-state index in [0.717, 1.165) is 17.4 Å². The number of carbonyl (C=O) groups is 1. The molecule has 0 amide bonds. The molecule has 0 spiro atoms. The molecule has 4 heteroatoms. The molecule has 3 rings (SSSR count). The number of benzene rings is 2. The van der Waals surface area contributed by atoms with Gasteiger partial charge in [0, 0.05) is 12.1 Å². The lowest BCUT2D eigenvalue weighted by Crippen LogP contribution is -2.18. The molecule has 0 saturated carbocycles.